The van der Waals surface area contributed by atoms with Crippen molar-refractivity contribution in [3.8, 4) is 16.9 Å². The lowest BCUT2D eigenvalue weighted by atomic mass is 10.2. The lowest BCUT2D eigenvalue weighted by Gasteiger charge is -2.02. The van der Waals surface area contributed by atoms with Crippen LogP contribution >= 0.6 is 0 Å². The molecule has 0 amide bonds. The molecule has 21 heavy (non-hydrogen) atoms. The summed E-state index contributed by atoms with van der Waals surface area (Å²) in [6.07, 6.45) is 4.66. The van der Waals surface area contributed by atoms with Crippen LogP contribution in [0.3, 0.4) is 0 Å². The Morgan fingerprint density at radius 2 is 1.76 bits per heavy atom. The monoisotopic (exact) mass is 293 g/mol. The zero-order chi connectivity index (χ0) is 15.1. The van der Waals surface area contributed by atoms with Gasteiger partial charge in [-0.05, 0) is 0 Å². The van der Waals surface area contributed by atoms with Crippen molar-refractivity contribution >= 4 is 5.69 Å². The van der Waals surface area contributed by atoms with E-state index in [0.29, 0.717) is 16.9 Å². The van der Waals surface area contributed by atoms with Crippen LogP contribution in [0, 0.1) is 17.5 Å². The number of nitrogens with two attached hydrogens (primary N) is 1. The lowest BCUT2D eigenvalue weighted by molar-refractivity contribution is 0.446. The van der Waals surface area contributed by atoms with E-state index in [1.165, 1.54) is 10.9 Å². The van der Waals surface area contributed by atoms with Crippen molar-refractivity contribution in [2.24, 2.45) is 7.05 Å². The van der Waals surface area contributed by atoms with Gasteiger partial charge in [0.1, 0.15) is 5.69 Å². The van der Waals surface area contributed by atoms with E-state index in [9.17, 15) is 13.2 Å². The van der Waals surface area contributed by atoms with E-state index in [2.05, 4.69) is 10.2 Å². The summed E-state index contributed by atoms with van der Waals surface area (Å²) in [5, 5.41) is 8.16. The molecule has 0 aliphatic carbocycles. The van der Waals surface area contributed by atoms with Crippen LogP contribution in [0.1, 0.15) is 0 Å². The molecule has 8 heteroatoms. The Kier molecular flexibility index (Phi) is 2.93. The summed E-state index contributed by atoms with van der Waals surface area (Å²) in [6.45, 7) is 0. The molecule has 2 aromatic heterocycles. The first kappa shape index (κ1) is 13.2. The second kappa shape index (κ2) is 4.65. The Morgan fingerprint density at radius 3 is 2.33 bits per heavy atom. The van der Waals surface area contributed by atoms with E-state index >= 15 is 0 Å². The van der Waals surface area contributed by atoms with Crippen LogP contribution in [-0.2, 0) is 7.05 Å². The maximum atomic E-state index is 13.3. The fourth-order valence-corrected chi connectivity index (χ4v) is 1.96. The highest BCUT2D eigenvalue weighted by Crippen LogP contribution is 2.25. The third-order valence-corrected chi connectivity index (χ3v) is 2.95. The molecule has 2 N–H and O–H groups in total. The summed E-state index contributed by atoms with van der Waals surface area (Å²) in [4.78, 5) is 0. The Balaban J connectivity index is 2.09. The fourth-order valence-electron chi connectivity index (χ4n) is 1.96. The predicted molar refractivity (Wildman–Crippen MR) is 70.1 cm³/mol. The number of hydrogen-bond donors (Lipinski definition) is 1. The summed E-state index contributed by atoms with van der Waals surface area (Å²) in [7, 11) is 1.74. The number of nitrogens with zero attached hydrogens (tertiary/aromatic N) is 4. The van der Waals surface area contributed by atoms with Crippen molar-refractivity contribution in [1.82, 2.24) is 19.6 Å². The molecule has 0 aliphatic heterocycles. The van der Waals surface area contributed by atoms with Gasteiger partial charge in [0.05, 0.1) is 23.8 Å². The van der Waals surface area contributed by atoms with Gasteiger partial charge < -0.3 is 5.73 Å². The van der Waals surface area contributed by atoms with Crippen LogP contribution in [-0.4, -0.2) is 19.6 Å². The molecular formula is C13H10F3N5. The second-order valence-corrected chi connectivity index (χ2v) is 4.50. The average Bonchev–Trinajstić information content (AvgIpc) is 3.01. The number of aryl methyl sites for hydroxylation is 1. The highest BCUT2D eigenvalue weighted by atomic mass is 19.2. The molecule has 0 saturated carbocycles. The zero-order valence-electron chi connectivity index (χ0n) is 10.9. The van der Waals surface area contributed by atoms with Crippen molar-refractivity contribution in [2.75, 3.05) is 5.73 Å². The minimum Gasteiger partial charge on any atom is -0.396 e. The minimum absolute atomic E-state index is 0.0354. The van der Waals surface area contributed by atoms with Gasteiger partial charge in [-0.1, -0.05) is 0 Å². The van der Waals surface area contributed by atoms with E-state index in [4.69, 9.17) is 5.73 Å². The number of anilines is 1. The summed E-state index contributed by atoms with van der Waals surface area (Å²) in [5.41, 5.74) is 7.28. The Morgan fingerprint density at radius 1 is 1.10 bits per heavy atom. The highest BCUT2D eigenvalue weighted by Gasteiger charge is 2.15. The van der Waals surface area contributed by atoms with Crippen LogP contribution in [0.5, 0.6) is 0 Å². The Labute approximate surface area is 117 Å². The van der Waals surface area contributed by atoms with Crippen LogP contribution in [0.2, 0.25) is 0 Å². The molecule has 1 aromatic carbocycles. The first-order valence-corrected chi connectivity index (χ1v) is 5.95. The quantitative estimate of drug-likeness (QED) is 0.737. The largest absolute Gasteiger partial charge is 0.396 e. The average molecular weight is 293 g/mol. The van der Waals surface area contributed by atoms with E-state index in [1.54, 1.807) is 24.1 Å². The van der Waals surface area contributed by atoms with Crippen molar-refractivity contribution in [3.63, 3.8) is 0 Å². The van der Waals surface area contributed by atoms with E-state index in [-0.39, 0.29) is 5.69 Å². The van der Waals surface area contributed by atoms with Crippen molar-refractivity contribution in [1.29, 1.82) is 0 Å². The molecule has 0 atom stereocenters. The molecule has 0 bridgehead atoms. The second-order valence-electron chi connectivity index (χ2n) is 4.50. The molecule has 0 unspecified atom stereocenters. The molecule has 0 aliphatic rings. The number of aromatic nitrogens is 4. The Hall–Kier alpha value is -2.77. The molecule has 0 fully saturated rings. The van der Waals surface area contributed by atoms with Crippen molar-refractivity contribution < 1.29 is 13.2 Å². The molecule has 0 radical (unpaired) electrons. The highest BCUT2D eigenvalue weighted by molar-refractivity contribution is 5.71. The maximum absolute atomic E-state index is 13.3. The van der Waals surface area contributed by atoms with Gasteiger partial charge in [-0.15, -0.1) is 0 Å². The van der Waals surface area contributed by atoms with Crippen LogP contribution in [0.25, 0.3) is 16.9 Å². The van der Waals surface area contributed by atoms with Gasteiger partial charge in [-0.2, -0.15) is 10.2 Å². The lowest BCUT2D eigenvalue weighted by Crippen LogP contribution is -2.00. The van der Waals surface area contributed by atoms with Gasteiger partial charge in [0.15, 0.2) is 17.5 Å². The third kappa shape index (κ3) is 2.24. The molecule has 5 nitrogen and oxygen atoms in total. The fraction of sp³-hybridized carbons (Fsp3) is 0.0769. The zero-order valence-corrected chi connectivity index (χ0v) is 10.9. The molecule has 0 saturated heterocycles. The smallest absolute Gasteiger partial charge is 0.194 e. The van der Waals surface area contributed by atoms with Gasteiger partial charge in [0, 0.05) is 30.9 Å². The van der Waals surface area contributed by atoms with Gasteiger partial charge in [-0.25, -0.2) is 17.9 Å². The van der Waals surface area contributed by atoms with Gasteiger partial charge in [0.2, 0.25) is 0 Å². The normalized spacial score (nSPS) is 11.0. The molecule has 3 rings (SSSR count). The summed E-state index contributed by atoms with van der Waals surface area (Å²) >= 11 is 0. The van der Waals surface area contributed by atoms with Gasteiger partial charge >= 0.3 is 0 Å². The van der Waals surface area contributed by atoms with Crippen LogP contribution in [0.15, 0.2) is 30.7 Å². The van der Waals surface area contributed by atoms with Crippen LogP contribution < -0.4 is 5.73 Å². The van der Waals surface area contributed by atoms with Gasteiger partial charge in [-0.3, -0.25) is 4.68 Å². The molecule has 2 heterocycles. The third-order valence-electron chi connectivity index (χ3n) is 2.95. The van der Waals surface area contributed by atoms with Crippen LogP contribution in [0.4, 0.5) is 18.9 Å². The summed E-state index contributed by atoms with van der Waals surface area (Å²) < 4.78 is 42.2. The van der Waals surface area contributed by atoms with Crippen molar-refractivity contribution in [3.05, 3.63) is 48.2 Å². The van der Waals surface area contributed by atoms with E-state index in [1.807, 2.05) is 0 Å². The maximum Gasteiger partial charge on any atom is 0.194 e. The number of rotatable bonds is 2. The predicted octanol–water partition coefficient (Wildman–Crippen LogP) is 2.27. The number of hydrogen-bond acceptors (Lipinski definition) is 3. The number of halogens is 3. The first-order chi connectivity index (χ1) is 9.95. The van der Waals surface area contributed by atoms with Gasteiger partial charge in [0.25, 0.3) is 0 Å². The molecule has 108 valence electrons. The molecule has 3 aromatic rings. The molecule has 0 spiro atoms. The summed E-state index contributed by atoms with van der Waals surface area (Å²) in [5.74, 6) is -4.10. The molecular weight excluding hydrogens is 283 g/mol. The van der Waals surface area contributed by atoms with E-state index < -0.39 is 17.5 Å². The van der Waals surface area contributed by atoms with E-state index in [0.717, 1.165) is 12.1 Å². The SMILES string of the molecule is Cn1cc(-c2nn(-c3cc(F)c(F)c(F)c3)cc2N)cn1. The Bertz CT molecular complexity index is 798. The topological polar surface area (TPSA) is 61.7 Å². The number of nitrogen functional groups attached to an aromatic ring is 1. The first-order valence-electron chi connectivity index (χ1n) is 5.95. The summed E-state index contributed by atoms with van der Waals surface area (Å²) in [6, 6.07) is 1.69. The standard InChI is InChI=1S/C13H10F3N5/c1-20-5-7(4-18-20)13-11(17)6-21(19-13)8-2-9(14)12(16)10(15)3-8/h2-6H,17H2,1H3. The number of benzene rings is 1. The van der Waals surface area contributed by atoms with Crippen molar-refractivity contribution in [2.45, 2.75) is 0 Å². The minimum atomic E-state index is -1.52.